The molecule has 1 N–H and O–H groups in total. The summed E-state index contributed by atoms with van der Waals surface area (Å²) in [6, 6.07) is 4.42. The van der Waals surface area contributed by atoms with Crippen molar-refractivity contribution < 1.29 is 23.0 Å². The Morgan fingerprint density at radius 3 is 2.88 bits per heavy atom. The van der Waals surface area contributed by atoms with Crippen LogP contribution in [0.15, 0.2) is 23.2 Å². The molecule has 0 aromatic heterocycles. The van der Waals surface area contributed by atoms with Crippen LogP contribution in [0.3, 0.4) is 0 Å². The summed E-state index contributed by atoms with van der Waals surface area (Å²) < 4.78 is 40.5. The minimum atomic E-state index is -4.37. The zero-order chi connectivity index (χ0) is 12.5. The molecule has 1 aromatic rings. The fraction of sp³-hybridized carbons (Fsp3) is 0.364. The maximum atomic E-state index is 12.0. The molecule has 1 aliphatic rings. The van der Waals surface area contributed by atoms with Crippen LogP contribution in [0.2, 0.25) is 0 Å². The second kappa shape index (κ2) is 4.37. The summed E-state index contributed by atoms with van der Waals surface area (Å²) in [5.41, 5.74) is 1.24. The lowest BCUT2D eigenvalue weighted by Crippen LogP contribution is -2.19. The number of aliphatic hydroxyl groups is 1. The van der Waals surface area contributed by atoms with Gasteiger partial charge in [-0.15, -0.1) is 0 Å². The number of aliphatic hydroxyl groups excluding tert-OH is 1. The van der Waals surface area contributed by atoms with Crippen molar-refractivity contribution in [2.75, 3.05) is 13.2 Å². The maximum absolute atomic E-state index is 12.0. The molecule has 0 radical (unpaired) electrons. The van der Waals surface area contributed by atoms with Crippen LogP contribution in [-0.4, -0.2) is 30.6 Å². The SMILES string of the molecule is OC1CN=Cc2ccc(OCC(F)(F)F)cc21. The summed E-state index contributed by atoms with van der Waals surface area (Å²) in [5, 5.41) is 9.62. The lowest BCUT2D eigenvalue weighted by atomic mass is 10.0. The molecule has 2 rings (SSSR count). The van der Waals surface area contributed by atoms with Gasteiger partial charge < -0.3 is 9.84 Å². The van der Waals surface area contributed by atoms with E-state index in [9.17, 15) is 18.3 Å². The van der Waals surface area contributed by atoms with E-state index in [0.717, 1.165) is 0 Å². The smallest absolute Gasteiger partial charge is 0.422 e. The number of halogens is 3. The van der Waals surface area contributed by atoms with Crippen LogP contribution >= 0.6 is 0 Å². The third kappa shape index (κ3) is 2.97. The topological polar surface area (TPSA) is 41.8 Å². The van der Waals surface area contributed by atoms with Gasteiger partial charge in [0.1, 0.15) is 5.75 Å². The van der Waals surface area contributed by atoms with Crippen LogP contribution in [0, 0.1) is 0 Å². The second-order valence-electron chi connectivity index (χ2n) is 3.70. The highest BCUT2D eigenvalue weighted by Gasteiger charge is 2.28. The Hall–Kier alpha value is -1.56. The van der Waals surface area contributed by atoms with Gasteiger partial charge in [0.05, 0.1) is 12.6 Å². The van der Waals surface area contributed by atoms with Crippen molar-refractivity contribution in [2.24, 2.45) is 4.99 Å². The van der Waals surface area contributed by atoms with Crippen molar-refractivity contribution in [3.63, 3.8) is 0 Å². The predicted molar refractivity (Wildman–Crippen MR) is 55.4 cm³/mol. The lowest BCUT2D eigenvalue weighted by molar-refractivity contribution is -0.153. The zero-order valence-corrected chi connectivity index (χ0v) is 8.74. The molecule has 1 atom stereocenters. The van der Waals surface area contributed by atoms with Crippen molar-refractivity contribution in [3.8, 4) is 5.75 Å². The van der Waals surface area contributed by atoms with Gasteiger partial charge in [-0.05, 0) is 29.3 Å². The maximum Gasteiger partial charge on any atom is 0.422 e. The number of rotatable bonds is 2. The first-order valence-electron chi connectivity index (χ1n) is 4.97. The fourth-order valence-electron chi connectivity index (χ4n) is 1.56. The third-order valence-corrected chi connectivity index (χ3v) is 2.33. The van der Waals surface area contributed by atoms with Gasteiger partial charge >= 0.3 is 6.18 Å². The Kier molecular flexibility index (Phi) is 3.06. The molecular weight excluding hydrogens is 235 g/mol. The minimum absolute atomic E-state index is 0.0930. The first-order valence-corrected chi connectivity index (χ1v) is 4.97. The molecule has 3 nitrogen and oxygen atoms in total. The number of hydrogen-bond acceptors (Lipinski definition) is 3. The average Bonchev–Trinajstić information content (AvgIpc) is 2.26. The standard InChI is InChI=1S/C11H10F3NO2/c12-11(13,14)6-17-8-2-1-7-4-15-5-10(16)9(7)3-8/h1-4,10,16H,5-6H2. The van der Waals surface area contributed by atoms with Crippen molar-refractivity contribution >= 4 is 6.21 Å². The predicted octanol–water partition coefficient (Wildman–Crippen LogP) is 2.09. The van der Waals surface area contributed by atoms with Crippen LogP contribution in [0.25, 0.3) is 0 Å². The monoisotopic (exact) mass is 245 g/mol. The molecule has 1 unspecified atom stereocenters. The fourth-order valence-corrected chi connectivity index (χ4v) is 1.56. The number of hydrogen-bond donors (Lipinski definition) is 1. The molecular formula is C11H10F3NO2. The molecule has 6 heteroatoms. The van der Waals surface area contributed by atoms with Crippen LogP contribution in [0.5, 0.6) is 5.75 Å². The summed E-state index contributed by atoms with van der Waals surface area (Å²) in [6.07, 6.45) is -3.57. The highest BCUT2D eigenvalue weighted by Crippen LogP contribution is 2.26. The summed E-state index contributed by atoms with van der Waals surface area (Å²) in [4.78, 5) is 3.92. The van der Waals surface area contributed by atoms with Crippen molar-refractivity contribution in [1.82, 2.24) is 0 Å². The molecule has 0 fully saturated rings. The Morgan fingerprint density at radius 2 is 2.18 bits per heavy atom. The highest BCUT2D eigenvalue weighted by atomic mass is 19.4. The number of fused-ring (bicyclic) bond motifs is 1. The normalized spacial score (nSPS) is 18.9. The molecule has 0 bridgehead atoms. The van der Waals surface area contributed by atoms with Gasteiger partial charge in [-0.3, -0.25) is 4.99 Å². The number of benzene rings is 1. The number of nitrogens with zero attached hydrogens (tertiary/aromatic N) is 1. The molecule has 1 aliphatic heterocycles. The van der Waals surface area contributed by atoms with Crippen LogP contribution < -0.4 is 4.74 Å². The van der Waals surface area contributed by atoms with Crippen molar-refractivity contribution in [3.05, 3.63) is 29.3 Å². The highest BCUT2D eigenvalue weighted by molar-refractivity contribution is 5.83. The minimum Gasteiger partial charge on any atom is -0.484 e. The third-order valence-electron chi connectivity index (χ3n) is 2.33. The van der Waals surface area contributed by atoms with Crippen molar-refractivity contribution in [1.29, 1.82) is 0 Å². The van der Waals surface area contributed by atoms with Crippen LogP contribution in [-0.2, 0) is 0 Å². The second-order valence-corrected chi connectivity index (χ2v) is 3.70. The molecule has 0 saturated carbocycles. The number of alkyl halides is 3. The summed E-state index contributed by atoms with van der Waals surface area (Å²) >= 11 is 0. The molecule has 0 saturated heterocycles. The number of aliphatic imine (C=N–C) groups is 1. The molecule has 1 heterocycles. The first-order chi connectivity index (χ1) is 7.96. The van der Waals surface area contributed by atoms with E-state index in [0.29, 0.717) is 11.1 Å². The van der Waals surface area contributed by atoms with Crippen LogP contribution in [0.4, 0.5) is 13.2 Å². The average molecular weight is 245 g/mol. The van der Waals surface area contributed by atoms with E-state index >= 15 is 0 Å². The van der Waals surface area contributed by atoms with Crippen LogP contribution in [0.1, 0.15) is 17.2 Å². The van der Waals surface area contributed by atoms with Crippen molar-refractivity contribution in [2.45, 2.75) is 12.3 Å². The molecule has 0 spiro atoms. The van der Waals surface area contributed by atoms with Gasteiger partial charge in [0.15, 0.2) is 6.61 Å². The summed E-state index contributed by atoms with van der Waals surface area (Å²) in [5.74, 6) is 0.0930. The van der Waals surface area contributed by atoms with E-state index in [4.69, 9.17) is 0 Å². The van der Waals surface area contributed by atoms with Gasteiger partial charge in [-0.1, -0.05) is 0 Å². The van der Waals surface area contributed by atoms with E-state index in [2.05, 4.69) is 9.73 Å². The Labute approximate surface area is 95.5 Å². The lowest BCUT2D eigenvalue weighted by Gasteiger charge is -2.17. The molecule has 92 valence electrons. The van der Waals surface area contributed by atoms with E-state index in [1.54, 1.807) is 12.3 Å². The van der Waals surface area contributed by atoms with Gasteiger partial charge in [0.25, 0.3) is 0 Å². The Bertz CT molecular complexity index is 443. The molecule has 0 amide bonds. The summed E-state index contributed by atoms with van der Waals surface area (Å²) in [7, 11) is 0. The molecule has 17 heavy (non-hydrogen) atoms. The molecule has 0 aliphatic carbocycles. The first kappa shape index (κ1) is 11.9. The Balaban J connectivity index is 2.16. The van der Waals surface area contributed by atoms with Gasteiger partial charge in [0, 0.05) is 6.21 Å². The quantitative estimate of drug-likeness (QED) is 0.866. The zero-order valence-electron chi connectivity index (χ0n) is 8.74. The van der Waals surface area contributed by atoms with Gasteiger partial charge in [-0.2, -0.15) is 13.2 Å². The van der Waals surface area contributed by atoms with E-state index in [-0.39, 0.29) is 12.3 Å². The van der Waals surface area contributed by atoms with Gasteiger partial charge in [0.2, 0.25) is 0 Å². The number of ether oxygens (including phenoxy) is 1. The molecule has 1 aromatic carbocycles. The van der Waals surface area contributed by atoms with Gasteiger partial charge in [-0.25, -0.2) is 0 Å². The van der Waals surface area contributed by atoms with E-state index < -0.39 is 18.9 Å². The largest absolute Gasteiger partial charge is 0.484 e. The summed E-state index contributed by atoms with van der Waals surface area (Å²) in [6.45, 7) is -1.12. The Morgan fingerprint density at radius 1 is 1.41 bits per heavy atom. The van der Waals surface area contributed by atoms with E-state index in [1.807, 2.05) is 0 Å². The van der Waals surface area contributed by atoms with E-state index in [1.165, 1.54) is 12.1 Å².